The molecule has 5 nitrogen and oxygen atoms in total. The van der Waals surface area contributed by atoms with Gasteiger partial charge < -0.3 is 15.5 Å². The van der Waals surface area contributed by atoms with Gasteiger partial charge >= 0.3 is 0 Å². The first-order valence-electron chi connectivity index (χ1n) is 9.01. The maximum Gasteiger partial charge on any atom is 0.275 e. The number of hydrogen-bond donors (Lipinski definition) is 3. The van der Waals surface area contributed by atoms with E-state index in [9.17, 15) is 9.59 Å². The van der Waals surface area contributed by atoms with E-state index in [-0.39, 0.29) is 17.9 Å². The van der Waals surface area contributed by atoms with Crippen molar-refractivity contribution >= 4 is 29.1 Å². The molecular formula is C21H27ClN3O2+. The summed E-state index contributed by atoms with van der Waals surface area (Å²) in [6, 6.07) is 13.0. The molecule has 0 heterocycles. The Morgan fingerprint density at radius 3 is 2.37 bits per heavy atom. The molecule has 0 aliphatic carbocycles. The maximum atomic E-state index is 12.4. The van der Waals surface area contributed by atoms with Crippen molar-refractivity contribution in [3.05, 3.63) is 64.2 Å². The van der Waals surface area contributed by atoms with Crippen molar-refractivity contribution in [2.24, 2.45) is 0 Å². The summed E-state index contributed by atoms with van der Waals surface area (Å²) in [4.78, 5) is 25.3. The van der Waals surface area contributed by atoms with E-state index in [1.165, 1.54) is 0 Å². The number of hydrogen-bond acceptors (Lipinski definition) is 2. The first-order valence-corrected chi connectivity index (χ1v) is 9.39. The van der Waals surface area contributed by atoms with Gasteiger partial charge in [-0.05, 0) is 56.7 Å². The third kappa shape index (κ3) is 6.70. The molecule has 0 saturated carbocycles. The lowest BCUT2D eigenvalue weighted by Crippen LogP contribution is -3.09. The normalized spacial score (nSPS) is 11.9. The van der Waals surface area contributed by atoms with Crippen molar-refractivity contribution < 1.29 is 14.5 Å². The molecule has 0 spiro atoms. The SMILES string of the molecule is Cc1cc(NC(=O)c2ccc(C[NH+](C)CC(=O)NC(C)C)cc2)ccc1Cl. The van der Waals surface area contributed by atoms with Gasteiger partial charge in [0.2, 0.25) is 0 Å². The Morgan fingerprint density at radius 2 is 1.78 bits per heavy atom. The maximum absolute atomic E-state index is 12.4. The van der Waals surface area contributed by atoms with Gasteiger partial charge in [-0.2, -0.15) is 0 Å². The summed E-state index contributed by atoms with van der Waals surface area (Å²) in [5.41, 5.74) is 3.29. The molecule has 2 aromatic rings. The molecule has 0 radical (unpaired) electrons. The first-order chi connectivity index (χ1) is 12.7. The Bertz CT molecular complexity index is 804. The van der Waals surface area contributed by atoms with Crippen LogP contribution >= 0.6 is 11.6 Å². The van der Waals surface area contributed by atoms with Gasteiger partial charge in [0.1, 0.15) is 6.54 Å². The second kappa shape index (κ2) is 9.53. The number of rotatable bonds is 7. The molecule has 1 unspecified atom stereocenters. The fourth-order valence-corrected chi connectivity index (χ4v) is 2.88. The van der Waals surface area contributed by atoms with Crippen LogP contribution in [0.2, 0.25) is 5.02 Å². The number of carbonyl (C=O) groups excluding carboxylic acids is 2. The third-order valence-electron chi connectivity index (χ3n) is 4.05. The summed E-state index contributed by atoms with van der Waals surface area (Å²) >= 11 is 6.01. The van der Waals surface area contributed by atoms with Crippen molar-refractivity contribution in [3.8, 4) is 0 Å². The molecule has 0 aliphatic rings. The predicted molar refractivity (Wildman–Crippen MR) is 109 cm³/mol. The van der Waals surface area contributed by atoms with Crippen LogP contribution in [0, 0.1) is 6.92 Å². The number of likely N-dealkylation sites (N-methyl/N-ethyl adjacent to an activating group) is 1. The smallest absolute Gasteiger partial charge is 0.275 e. The van der Waals surface area contributed by atoms with Gasteiger partial charge in [-0.1, -0.05) is 23.7 Å². The van der Waals surface area contributed by atoms with Crippen LogP contribution in [-0.4, -0.2) is 31.4 Å². The monoisotopic (exact) mass is 388 g/mol. The second-order valence-corrected chi connectivity index (χ2v) is 7.56. The lowest BCUT2D eigenvalue weighted by atomic mass is 10.1. The van der Waals surface area contributed by atoms with E-state index in [1.807, 2.05) is 46.0 Å². The Kier molecular flexibility index (Phi) is 7.39. The van der Waals surface area contributed by atoms with E-state index < -0.39 is 0 Å². The minimum absolute atomic E-state index is 0.0387. The van der Waals surface area contributed by atoms with Crippen LogP contribution in [0.1, 0.15) is 35.3 Å². The third-order valence-corrected chi connectivity index (χ3v) is 4.47. The largest absolute Gasteiger partial charge is 0.349 e. The molecule has 144 valence electrons. The predicted octanol–water partition coefficient (Wildman–Crippen LogP) is 2.44. The van der Waals surface area contributed by atoms with Crippen LogP contribution < -0.4 is 15.5 Å². The van der Waals surface area contributed by atoms with Crippen LogP contribution in [0.3, 0.4) is 0 Å². The molecule has 2 rings (SSSR count). The highest BCUT2D eigenvalue weighted by Crippen LogP contribution is 2.20. The van der Waals surface area contributed by atoms with Crippen molar-refractivity contribution in [2.75, 3.05) is 18.9 Å². The summed E-state index contributed by atoms with van der Waals surface area (Å²) in [5, 5.41) is 6.44. The van der Waals surface area contributed by atoms with E-state index in [0.29, 0.717) is 29.4 Å². The van der Waals surface area contributed by atoms with Gasteiger partial charge in [-0.3, -0.25) is 9.59 Å². The molecule has 0 bridgehead atoms. The summed E-state index contributed by atoms with van der Waals surface area (Å²) in [6.45, 7) is 6.91. The zero-order chi connectivity index (χ0) is 20.0. The lowest BCUT2D eigenvalue weighted by Gasteiger charge is -2.15. The van der Waals surface area contributed by atoms with E-state index >= 15 is 0 Å². The van der Waals surface area contributed by atoms with E-state index in [2.05, 4.69) is 10.6 Å². The number of carbonyl (C=O) groups is 2. The highest BCUT2D eigenvalue weighted by atomic mass is 35.5. The highest BCUT2D eigenvalue weighted by Gasteiger charge is 2.12. The Balaban J connectivity index is 1.92. The average Bonchev–Trinajstić information content (AvgIpc) is 2.57. The number of anilines is 1. The summed E-state index contributed by atoms with van der Waals surface area (Å²) in [6.07, 6.45) is 0. The summed E-state index contributed by atoms with van der Waals surface area (Å²) < 4.78 is 0. The number of quaternary nitrogens is 1. The highest BCUT2D eigenvalue weighted by molar-refractivity contribution is 6.31. The topological polar surface area (TPSA) is 62.6 Å². The Labute approximate surface area is 165 Å². The molecule has 27 heavy (non-hydrogen) atoms. The minimum Gasteiger partial charge on any atom is -0.349 e. The molecule has 0 aromatic heterocycles. The van der Waals surface area contributed by atoms with Crippen molar-refractivity contribution in [1.82, 2.24) is 5.32 Å². The Hall–Kier alpha value is -2.37. The fourth-order valence-electron chi connectivity index (χ4n) is 2.76. The van der Waals surface area contributed by atoms with Crippen molar-refractivity contribution in [1.29, 1.82) is 0 Å². The summed E-state index contributed by atoms with van der Waals surface area (Å²) in [7, 11) is 1.98. The quantitative estimate of drug-likeness (QED) is 0.682. The molecule has 0 fully saturated rings. The standard InChI is InChI=1S/C21H26ClN3O2/c1-14(2)23-20(26)13-25(4)12-16-5-7-17(8-6-16)21(27)24-18-9-10-19(22)15(3)11-18/h5-11,14H,12-13H2,1-4H3,(H,23,26)(H,24,27)/p+1. The first kappa shape index (κ1) is 20.9. The minimum atomic E-state index is -0.166. The van der Waals surface area contributed by atoms with Crippen LogP contribution in [0.15, 0.2) is 42.5 Å². The Morgan fingerprint density at radius 1 is 1.11 bits per heavy atom. The van der Waals surface area contributed by atoms with Gasteiger partial charge in [-0.15, -0.1) is 0 Å². The number of aryl methyl sites for hydroxylation is 1. The second-order valence-electron chi connectivity index (χ2n) is 7.15. The molecule has 6 heteroatoms. The molecular weight excluding hydrogens is 362 g/mol. The molecule has 3 N–H and O–H groups in total. The number of benzene rings is 2. The average molecular weight is 389 g/mol. The number of amides is 2. The van der Waals surface area contributed by atoms with Crippen LogP contribution in [0.5, 0.6) is 0 Å². The molecule has 1 atom stereocenters. The zero-order valence-electron chi connectivity index (χ0n) is 16.2. The van der Waals surface area contributed by atoms with E-state index in [1.54, 1.807) is 24.3 Å². The summed E-state index contributed by atoms with van der Waals surface area (Å²) in [5.74, 6) is -0.128. The van der Waals surface area contributed by atoms with E-state index in [4.69, 9.17) is 11.6 Å². The number of halogens is 1. The molecule has 2 aromatic carbocycles. The van der Waals surface area contributed by atoms with Gasteiger partial charge in [0.05, 0.1) is 7.05 Å². The van der Waals surface area contributed by atoms with Gasteiger partial charge in [0, 0.05) is 27.9 Å². The van der Waals surface area contributed by atoms with Crippen LogP contribution in [-0.2, 0) is 11.3 Å². The van der Waals surface area contributed by atoms with E-state index in [0.717, 1.165) is 16.0 Å². The van der Waals surface area contributed by atoms with Gasteiger partial charge in [0.15, 0.2) is 6.54 Å². The van der Waals surface area contributed by atoms with Crippen molar-refractivity contribution in [2.45, 2.75) is 33.4 Å². The van der Waals surface area contributed by atoms with Crippen LogP contribution in [0.4, 0.5) is 5.69 Å². The number of nitrogens with one attached hydrogen (secondary N) is 3. The van der Waals surface area contributed by atoms with Crippen molar-refractivity contribution in [3.63, 3.8) is 0 Å². The van der Waals surface area contributed by atoms with Gasteiger partial charge in [0.25, 0.3) is 11.8 Å². The van der Waals surface area contributed by atoms with Gasteiger partial charge in [-0.25, -0.2) is 0 Å². The fraction of sp³-hybridized carbons (Fsp3) is 0.333. The molecule has 0 aliphatic heterocycles. The lowest BCUT2D eigenvalue weighted by molar-refractivity contribution is -0.885. The molecule has 0 saturated heterocycles. The molecule has 2 amide bonds. The zero-order valence-corrected chi connectivity index (χ0v) is 17.0. The van der Waals surface area contributed by atoms with Crippen LogP contribution in [0.25, 0.3) is 0 Å².